The fraction of sp³-hybridized carbons (Fsp3) is 0.375. The lowest BCUT2D eigenvalue weighted by atomic mass is 10.2. The SMILES string of the molecule is O=C(CSc1nccn1C1CCCC1)Nc1ccc(F)cc1F. The number of carbonyl (C=O) groups is 1. The summed E-state index contributed by atoms with van der Waals surface area (Å²) in [5, 5.41) is 3.25. The van der Waals surface area contributed by atoms with Crippen LogP contribution in [0.1, 0.15) is 31.7 Å². The monoisotopic (exact) mass is 337 g/mol. The second-order valence-corrected chi connectivity index (χ2v) is 6.46. The predicted molar refractivity (Wildman–Crippen MR) is 85.4 cm³/mol. The summed E-state index contributed by atoms with van der Waals surface area (Å²) in [6, 6.07) is 3.53. The third-order valence-electron chi connectivity index (χ3n) is 3.89. The largest absolute Gasteiger partial charge is 0.323 e. The molecule has 0 spiro atoms. The van der Waals surface area contributed by atoms with Gasteiger partial charge in [-0.3, -0.25) is 4.79 Å². The fourth-order valence-corrected chi connectivity index (χ4v) is 3.61. The lowest BCUT2D eigenvalue weighted by molar-refractivity contribution is -0.113. The van der Waals surface area contributed by atoms with Crippen molar-refractivity contribution < 1.29 is 13.6 Å². The zero-order valence-electron chi connectivity index (χ0n) is 12.5. The minimum atomic E-state index is -0.782. The second-order valence-electron chi connectivity index (χ2n) is 5.52. The van der Waals surface area contributed by atoms with E-state index in [1.807, 2.05) is 6.20 Å². The van der Waals surface area contributed by atoms with E-state index in [-0.39, 0.29) is 17.3 Å². The molecule has 1 aliphatic rings. The van der Waals surface area contributed by atoms with Crippen LogP contribution in [0.15, 0.2) is 35.7 Å². The third kappa shape index (κ3) is 3.90. The summed E-state index contributed by atoms with van der Waals surface area (Å²) in [6.45, 7) is 0. The number of benzene rings is 1. The highest BCUT2D eigenvalue weighted by molar-refractivity contribution is 7.99. The molecule has 1 fully saturated rings. The number of hydrogen-bond donors (Lipinski definition) is 1. The van der Waals surface area contributed by atoms with Crippen molar-refractivity contribution in [3.63, 3.8) is 0 Å². The topological polar surface area (TPSA) is 46.9 Å². The average molecular weight is 337 g/mol. The third-order valence-corrected chi connectivity index (χ3v) is 4.87. The molecule has 7 heteroatoms. The van der Waals surface area contributed by atoms with E-state index in [1.54, 1.807) is 6.20 Å². The van der Waals surface area contributed by atoms with Gasteiger partial charge in [0.1, 0.15) is 11.6 Å². The first-order valence-electron chi connectivity index (χ1n) is 7.54. The number of nitrogens with zero attached hydrogens (tertiary/aromatic N) is 2. The van der Waals surface area contributed by atoms with E-state index >= 15 is 0 Å². The fourth-order valence-electron chi connectivity index (χ4n) is 2.78. The number of imidazole rings is 1. The van der Waals surface area contributed by atoms with Gasteiger partial charge in [-0.15, -0.1) is 0 Å². The van der Waals surface area contributed by atoms with Gasteiger partial charge in [-0.25, -0.2) is 13.8 Å². The molecule has 1 amide bonds. The minimum Gasteiger partial charge on any atom is -0.323 e. The molecule has 2 aromatic rings. The van der Waals surface area contributed by atoms with Crippen LogP contribution in [0.2, 0.25) is 0 Å². The highest BCUT2D eigenvalue weighted by Gasteiger charge is 2.20. The summed E-state index contributed by atoms with van der Waals surface area (Å²) in [4.78, 5) is 16.2. The molecule has 0 aliphatic heterocycles. The summed E-state index contributed by atoms with van der Waals surface area (Å²) < 4.78 is 28.5. The minimum absolute atomic E-state index is 0.0175. The van der Waals surface area contributed by atoms with Crippen LogP contribution in [0.25, 0.3) is 0 Å². The van der Waals surface area contributed by atoms with Gasteiger partial charge in [0.2, 0.25) is 5.91 Å². The molecule has 0 radical (unpaired) electrons. The lowest BCUT2D eigenvalue weighted by Gasteiger charge is -2.14. The van der Waals surface area contributed by atoms with Gasteiger partial charge in [-0.2, -0.15) is 0 Å². The molecular weight excluding hydrogens is 320 g/mol. The van der Waals surface area contributed by atoms with E-state index in [9.17, 15) is 13.6 Å². The predicted octanol–water partition coefficient (Wildman–Crippen LogP) is 4.01. The molecule has 0 atom stereocenters. The van der Waals surface area contributed by atoms with Crippen LogP contribution in [0.4, 0.5) is 14.5 Å². The van der Waals surface area contributed by atoms with Crippen LogP contribution in [0, 0.1) is 11.6 Å². The first-order valence-corrected chi connectivity index (χ1v) is 8.52. The van der Waals surface area contributed by atoms with Crippen molar-refractivity contribution in [2.75, 3.05) is 11.1 Å². The maximum absolute atomic E-state index is 13.5. The lowest BCUT2D eigenvalue weighted by Crippen LogP contribution is -2.16. The molecule has 23 heavy (non-hydrogen) atoms. The van der Waals surface area contributed by atoms with Crippen molar-refractivity contribution in [3.8, 4) is 0 Å². The summed E-state index contributed by atoms with van der Waals surface area (Å²) >= 11 is 1.32. The van der Waals surface area contributed by atoms with Crippen molar-refractivity contribution >= 4 is 23.4 Å². The van der Waals surface area contributed by atoms with Gasteiger partial charge in [-0.1, -0.05) is 24.6 Å². The quantitative estimate of drug-likeness (QED) is 0.839. The number of rotatable bonds is 5. The van der Waals surface area contributed by atoms with Crippen LogP contribution in [-0.2, 0) is 4.79 Å². The molecule has 122 valence electrons. The Hall–Kier alpha value is -1.89. The van der Waals surface area contributed by atoms with E-state index in [2.05, 4.69) is 14.9 Å². The van der Waals surface area contributed by atoms with Gasteiger partial charge < -0.3 is 9.88 Å². The Bertz CT molecular complexity index is 698. The molecule has 1 aromatic heterocycles. The average Bonchev–Trinajstić information content (AvgIpc) is 3.18. The van der Waals surface area contributed by atoms with E-state index in [0.29, 0.717) is 6.04 Å². The first kappa shape index (κ1) is 16.0. The zero-order valence-corrected chi connectivity index (χ0v) is 13.3. The molecule has 0 saturated heterocycles. The number of amides is 1. The number of thioether (sulfide) groups is 1. The van der Waals surface area contributed by atoms with Crippen LogP contribution in [0.5, 0.6) is 0 Å². The maximum Gasteiger partial charge on any atom is 0.234 e. The number of hydrogen-bond acceptors (Lipinski definition) is 3. The molecular formula is C16H17F2N3OS. The Balaban J connectivity index is 1.58. The first-order chi connectivity index (χ1) is 11.1. The molecule has 0 unspecified atom stereocenters. The number of carbonyl (C=O) groups excluding carboxylic acids is 1. The molecule has 0 bridgehead atoms. The van der Waals surface area contributed by atoms with E-state index in [0.717, 1.165) is 30.1 Å². The highest BCUT2D eigenvalue weighted by atomic mass is 32.2. The standard InChI is InChI=1S/C16H17F2N3OS/c17-11-5-6-14(13(18)9-11)20-15(22)10-23-16-19-7-8-21(16)12-3-1-2-4-12/h5-9,12H,1-4,10H2,(H,20,22). The number of aromatic nitrogens is 2. The van der Waals surface area contributed by atoms with Crippen molar-refractivity contribution in [2.24, 2.45) is 0 Å². The van der Waals surface area contributed by atoms with E-state index in [4.69, 9.17) is 0 Å². The normalized spacial score (nSPS) is 15.0. The molecule has 1 N–H and O–H groups in total. The summed E-state index contributed by atoms with van der Waals surface area (Å²) in [7, 11) is 0. The van der Waals surface area contributed by atoms with Crippen LogP contribution >= 0.6 is 11.8 Å². The summed E-state index contributed by atoms with van der Waals surface area (Å²) in [6.07, 6.45) is 8.39. The van der Waals surface area contributed by atoms with Crippen molar-refractivity contribution in [2.45, 2.75) is 36.9 Å². The van der Waals surface area contributed by atoms with Gasteiger partial charge >= 0.3 is 0 Å². The van der Waals surface area contributed by atoms with Gasteiger partial charge in [-0.05, 0) is 25.0 Å². The van der Waals surface area contributed by atoms with E-state index in [1.165, 1.54) is 30.7 Å². The Labute approximate surface area is 137 Å². The molecule has 1 aliphatic carbocycles. The van der Waals surface area contributed by atoms with Crippen LogP contribution < -0.4 is 5.32 Å². The molecule has 4 nitrogen and oxygen atoms in total. The number of anilines is 1. The van der Waals surface area contributed by atoms with E-state index < -0.39 is 11.6 Å². The molecule has 1 aromatic carbocycles. The smallest absolute Gasteiger partial charge is 0.234 e. The number of halogens is 2. The van der Waals surface area contributed by atoms with Crippen LogP contribution in [-0.4, -0.2) is 21.2 Å². The van der Waals surface area contributed by atoms with Gasteiger partial charge in [0.05, 0.1) is 11.4 Å². The number of nitrogens with one attached hydrogen (secondary N) is 1. The molecule has 1 saturated carbocycles. The van der Waals surface area contributed by atoms with Crippen molar-refractivity contribution in [3.05, 3.63) is 42.2 Å². The maximum atomic E-state index is 13.5. The van der Waals surface area contributed by atoms with Gasteiger partial charge in [0, 0.05) is 24.5 Å². The second kappa shape index (κ2) is 7.12. The van der Waals surface area contributed by atoms with Crippen molar-refractivity contribution in [1.29, 1.82) is 0 Å². The van der Waals surface area contributed by atoms with Gasteiger partial charge in [0.25, 0.3) is 0 Å². The highest BCUT2D eigenvalue weighted by Crippen LogP contribution is 2.32. The zero-order chi connectivity index (χ0) is 16.2. The molecule has 1 heterocycles. The van der Waals surface area contributed by atoms with Crippen LogP contribution in [0.3, 0.4) is 0 Å². The Morgan fingerprint density at radius 2 is 2.13 bits per heavy atom. The summed E-state index contributed by atoms with van der Waals surface area (Å²) in [5.74, 6) is -1.67. The Morgan fingerprint density at radius 1 is 1.35 bits per heavy atom. The van der Waals surface area contributed by atoms with Crippen molar-refractivity contribution in [1.82, 2.24) is 9.55 Å². The summed E-state index contributed by atoms with van der Waals surface area (Å²) in [5.41, 5.74) is -0.0175. The van der Waals surface area contributed by atoms with Gasteiger partial charge in [0.15, 0.2) is 5.16 Å². The Kier molecular flexibility index (Phi) is 4.95. The Morgan fingerprint density at radius 3 is 2.87 bits per heavy atom. The molecule has 3 rings (SSSR count).